The minimum Gasteiger partial charge on any atom is -0.339 e. The molecule has 1 saturated carbocycles. The smallest absolute Gasteiger partial charge is 0.222 e. The van der Waals surface area contributed by atoms with Crippen LogP contribution in [0.15, 0.2) is 0 Å². The number of piperidine rings is 1. The molecule has 2 rings (SSSR count). The van der Waals surface area contributed by atoms with Crippen molar-refractivity contribution in [1.29, 1.82) is 0 Å². The Labute approximate surface area is 103 Å². The van der Waals surface area contributed by atoms with Gasteiger partial charge in [0.25, 0.3) is 0 Å². The average Bonchev–Trinajstić information content (AvgIpc) is 3.11. The van der Waals surface area contributed by atoms with Crippen LogP contribution in [0.1, 0.15) is 39.0 Å². The van der Waals surface area contributed by atoms with Crippen LogP contribution in [-0.4, -0.2) is 43.6 Å². The topological polar surface area (TPSA) is 66.5 Å². The summed E-state index contributed by atoms with van der Waals surface area (Å²) in [5.41, 5.74) is 0. The van der Waals surface area contributed by atoms with E-state index in [0.29, 0.717) is 13.0 Å². The molecule has 1 N–H and O–H groups in total. The third-order valence-corrected chi connectivity index (χ3v) is 5.35. The van der Waals surface area contributed by atoms with E-state index in [1.165, 1.54) is 0 Å². The van der Waals surface area contributed by atoms with Crippen LogP contribution in [0.5, 0.6) is 0 Å². The van der Waals surface area contributed by atoms with Gasteiger partial charge in [-0.3, -0.25) is 4.79 Å². The largest absolute Gasteiger partial charge is 0.339 e. The fraction of sp³-hybridized carbons (Fsp3) is 0.909. The molecule has 0 aromatic heterocycles. The number of sulfonamides is 1. The second-order valence-corrected chi connectivity index (χ2v) is 7.03. The van der Waals surface area contributed by atoms with Crippen molar-refractivity contribution in [2.75, 3.05) is 13.1 Å². The molecule has 0 aromatic carbocycles. The first-order chi connectivity index (χ1) is 8.00. The quantitative estimate of drug-likeness (QED) is 0.781. The molecule has 0 aromatic rings. The van der Waals surface area contributed by atoms with Gasteiger partial charge < -0.3 is 4.90 Å². The highest BCUT2D eigenvalue weighted by molar-refractivity contribution is 7.90. The zero-order chi connectivity index (χ0) is 12.5. The molecule has 1 heterocycles. The summed E-state index contributed by atoms with van der Waals surface area (Å²) in [5, 5.41) is -0.188. The van der Waals surface area contributed by atoms with Crippen LogP contribution in [0.2, 0.25) is 0 Å². The molecule has 1 saturated heterocycles. The van der Waals surface area contributed by atoms with Crippen LogP contribution in [-0.2, 0) is 14.8 Å². The molecule has 2 fully saturated rings. The number of nitrogens with one attached hydrogen (secondary N) is 1. The second kappa shape index (κ2) is 4.94. The standard InChI is InChI=1S/C11H20N2O3S/c1-9(13-7-3-2-4-11(13)14)8-12-17(15,16)10-5-6-10/h9-10,12H,2-8H2,1H3. The Kier molecular flexibility index (Phi) is 3.73. The summed E-state index contributed by atoms with van der Waals surface area (Å²) in [5.74, 6) is 0.148. The van der Waals surface area contributed by atoms with Crippen molar-refractivity contribution in [3.63, 3.8) is 0 Å². The molecule has 1 unspecified atom stereocenters. The van der Waals surface area contributed by atoms with Crippen LogP contribution >= 0.6 is 0 Å². The number of carbonyl (C=O) groups excluding carboxylic acids is 1. The van der Waals surface area contributed by atoms with Gasteiger partial charge in [0.2, 0.25) is 15.9 Å². The summed E-state index contributed by atoms with van der Waals surface area (Å²) in [4.78, 5) is 13.4. The van der Waals surface area contributed by atoms with Crippen molar-refractivity contribution in [3.05, 3.63) is 0 Å². The highest BCUT2D eigenvalue weighted by Crippen LogP contribution is 2.27. The van der Waals surface area contributed by atoms with Crippen molar-refractivity contribution < 1.29 is 13.2 Å². The van der Waals surface area contributed by atoms with Gasteiger partial charge in [0, 0.05) is 25.6 Å². The van der Waals surface area contributed by atoms with Gasteiger partial charge in [0.1, 0.15) is 0 Å². The van der Waals surface area contributed by atoms with Crippen LogP contribution in [0.3, 0.4) is 0 Å². The minimum absolute atomic E-state index is 0.0451. The molecule has 6 heteroatoms. The fourth-order valence-electron chi connectivity index (χ4n) is 2.14. The Morgan fingerprint density at radius 1 is 1.41 bits per heavy atom. The monoisotopic (exact) mass is 260 g/mol. The van der Waals surface area contributed by atoms with E-state index in [-0.39, 0.29) is 17.2 Å². The number of likely N-dealkylation sites (tertiary alicyclic amines) is 1. The van der Waals surface area contributed by atoms with Crippen LogP contribution in [0.25, 0.3) is 0 Å². The summed E-state index contributed by atoms with van der Waals surface area (Å²) < 4.78 is 25.9. The molecule has 0 bridgehead atoms. The van der Waals surface area contributed by atoms with Gasteiger partial charge >= 0.3 is 0 Å². The Bertz CT molecular complexity index is 390. The van der Waals surface area contributed by atoms with Gasteiger partial charge in [-0.2, -0.15) is 0 Å². The third kappa shape index (κ3) is 3.19. The molecule has 1 atom stereocenters. The second-order valence-electron chi connectivity index (χ2n) is 4.99. The van der Waals surface area contributed by atoms with Gasteiger partial charge in [0.15, 0.2) is 0 Å². The van der Waals surface area contributed by atoms with Crippen molar-refractivity contribution in [1.82, 2.24) is 9.62 Å². The van der Waals surface area contributed by atoms with E-state index >= 15 is 0 Å². The van der Waals surface area contributed by atoms with Gasteiger partial charge in [0.05, 0.1) is 5.25 Å². The normalized spacial score (nSPS) is 23.8. The fourth-order valence-corrected chi connectivity index (χ4v) is 3.60. The number of amides is 1. The van der Waals surface area contributed by atoms with E-state index in [1.54, 1.807) is 4.90 Å². The van der Waals surface area contributed by atoms with E-state index in [1.807, 2.05) is 6.92 Å². The van der Waals surface area contributed by atoms with Gasteiger partial charge in [-0.05, 0) is 32.6 Å². The van der Waals surface area contributed by atoms with Gasteiger partial charge in [-0.25, -0.2) is 13.1 Å². The summed E-state index contributed by atoms with van der Waals surface area (Å²) in [6.07, 6.45) is 4.11. The van der Waals surface area contributed by atoms with Crippen molar-refractivity contribution in [3.8, 4) is 0 Å². The first kappa shape index (κ1) is 12.8. The highest BCUT2D eigenvalue weighted by Gasteiger charge is 2.36. The number of carbonyl (C=O) groups is 1. The third-order valence-electron chi connectivity index (χ3n) is 3.44. The number of nitrogens with zero attached hydrogens (tertiary/aromatic N) is 1. The highest BCUT2D eigenvalue weighted by atomic mass is 32.2. The number of hydrogen-bond donors (Lipinski definition) is 1. The van der Waals surface area contributed by atoms with Crippen LogP contribution in [0.4, 0.5) is 0 Å². The Morgan fingerprint density at radius 2 is 2.12 bits per heavy atom. The zero-order valence-corrected chi connectivity index (χ0v) is 11.0. The van der Waals surface area contributed by atoms with E-state index < -0.39 is 10.0 Å². The molecule has 5 nitrogen and oxygen atoms in total. The summed E-state index contributed by atoms with van der Waals surface area (Å²) in [6.45, 7) is 2.99. The van der Waals surface area contributed by atoms with E-state index in [9.17, 15) is 13.2 Å². The van der Waals surface area contributed by atoms with Gasteiger partial charge in [-0.1, -0.05) is 0 Å². The molecule has 98 valence electrons. The first-order valence-electron chi connectivity index (χ1n) is 6.28. The number of hydrogen-bond acceptors (Lipinski definition) is 3. The Morgan fingerprint density at radius 3 is 2.71 bits per heavy atom. The van der Waals surface area contributed by atoms with Gasteiger partial charge in [-0.15, -0.1) is 0 Å². The molecule has 1 aliphatic heterocycles. The van der Waals surface area contributed by atoms with Crippen molar-refractivity contribution >= 4 is 15.9 Å². The number of rotatable bonds is 5. The van der Waals surface area contributed by atoms with Crippen LogP contribution in [0, 0.1) is 0 Å². The average molecular weight is 260 g/mol. The summed E-state index contributed by atoms with van der Waals surface area (Å²) >= 11 is 0. The maximum absolute atomic E-state index is 11.7. The molecule has 0 spiro atoms. The Balaban J connectivity index is 1.83. The zero-order valence-electron chi connectivity index (χ0n) is 10.2. The molecule has 1 amide bonds. The SMILES string of the molecule is CC(CNS(=O)(=O)C1CC1)N1CCCCC1=O. The summed E-state index contributed by atoms with van der Waals surface area (Å²) in [7, 11) is -3.13. The molecule has 2 aliphatic rings. The maximum atomic E-state index is 11.7. The lowest BCUT2D eigenvalue weighted by atomic mass is 10.1. The minimum atomic E-state index is -3.13. The predicted octanol–water partition coefficient (Wildman–Crippen LogP) is 0.469. The van der Waals surface area contributed by atoms with E-state index in [4.69, 9.17) is 0 Å². The van der Waals surface area contributed by atoms with Crippen molar-refractivity contribution in [2.24, 2.45) is 0 Å². The van der Waals surface area contributed by atoms with E-state index in [0.717, 1.165) is 32.2 Å². The molecular weight excluding hydrogens is 240 g/mol. The summed E-state index contributed by atoms with van der Waals surface area (Å²) in [6, 6.07) is -0.0451. The molecule has 1 aliphatic carbocycles. The molecule has 17 heavy (non-hydrogen) atoms. The predicted molar refractivity (Wildman–Crippen MR) is 65.0 cm³/mol. The Hall–Kier alpha value is -0.620. The van der Waals surface area contributed by atoms with Crippen LogP contribution < -0.4 is 4.72 Å². The molecular formula is C11H20N2O3S. The van der Waals surface area contributed by atoms with Crippen molar-refractivity contribution in [2.45, 2.75) is 50.3 Å². The first-order valence-corrected chi connectivity index (χ1v) is 7.83. The molecule has 0 radical (unpaired) electrons. The lowest BCUT2D eigenvalue weighted by Gasteiger charge is -2.32. The maximum Gasteiger partial charge on any atom is 0.222 e. The lowest BCUT2D eigenvalue weighted by Crippen LogP contribution is -2.47. The van der Waals surface area contributed by atoms with E-state index in [2.05, 4.69) is 4.72 Å². The lowest BCUT2D eigenvalue weighted by molar-refractivity contribution is -0.135.